The van der Waals surface area contributed by atoms with Gasteiger partial charge in [-0.15, -0.1) is 0 Å². The highest BCUT2D eigenvalue weighted by Crippen LogP contribution is 2.19. The van der Waals surface area contributed by atoms with Crippen LogP contribution in [0.4, 0.5) is 0 Å². The number of pyridine rings is 1. The van der Waals surface area contributed by atoms with Crippen LogP contribution >= 0.6 is 0 Å². The van der Waals surface area contributed by atoms with Crippen LogP contribution in [0.15, 0.2) is 29.2 Å². The van der Waals surface area contributed by atoms with Gasteiger partial charge in [-0.05, 0) is 18.9 Å². The number of nitrogens with one attached hydrogen (secondary N) is 2. The summed E-state index contributed by atoms with van der Waals surface area (Å²) >= 11 is 0. The summed E-state index contributed by atoms with van der Waals surface area (Å²) in [5.74, 6) is -0.164. The number of amides is 2. The molecular formula is C16H22N4O3. The Hall–Kier alpha value is -2.15. The Morgan fingerprint density at radius 1 is 1.30 bits per heavy atom. The molecule has 1 saturated heterocycles. The van der Waals surface area contributed by atoms with E-state index in [4.69, 9.17) is 0 Å². The molecule has 2 heterocycles. The van der Waals surface area contributed by atoms with Crippen LogP contribution in [0.1, 0.15) is 19.3 Å². The second-order valence-electron chi connectivity index (χ2n) is 6.07. The molecule has 1 aromatic heterocycles. The highest BCUT2D eigenvalue weighted by molar-refractivity contribution is 5.88. The van der Waals surface area contributed by atoms with E-state index in [0.717, 1.165) is 12.8 Å². The highest BCUT2D eigenvalue weighted by atomic mass is 16.2. The first kappa shape index (κ1) is 15.7. The third kappa shape index (κ3) is 3.98. The molecule has 2 N–H and O–H groups in total. The van der Waals surface area contributed by atoms with Gasteiger partial charge in [-0.1, -0.05) is 6.07 Å². The smallest absolute Gasteiger partial charge is 0.250 e. The Morgan fingerprint density at radius 2 is 2.13 bits per heavy atom. The minimum Gasteiger partial charge on any atom is -0.352 e. The van der Waals surface area contributed by atoms with Gasteiger partial charge < -0.3 is 20.1 Å². The van der Waals surface area contributed by atoms with E-state index in [0.29, 0.717) is 26.2 Å². The fraction of sp³-hybridized carbons (Fsp3) is 0.562. The van der Waals surface area contributed by atoms with E-state index in [-0.39, 0.29) is 29.8 Å². The normalized spacial score (nSPS) is 21.0. The van der Waals surface area contributed by atoms with Crippen LogP contribution in [-0.2, 0) is 16.1 Å². The van der Waals surface area contributed by atoms with Crippen LogP contribution in [0.25, 0.3) is 0 Å². The molecule has 0 spiro atoms. The first-order chi connectivity index (χ1) is 11.1. The van der Waals surface area contributed by atoms with Crippen molar-refractivity contribution in [1.29, 1.82) is 0 Å². The van der Waals surface area contributed by atoms with Crippen LogP contribution in [0, 0.1) is 0 Å². The van der Waals surface area contributed by atoms with Crippen molar-refractivity contribution in [2.24, 2.45) is 0 Å². The van der Waals surface area contributed by atoms with E-state index in [9.17, 15) is 14.4 Å². The van der Waals surface area contributed by atoms with Gasteiger partial charge in [-0.25, -0.2) is 0 Å². The minimum absolute atomic E-state index is 0.0788. The van der Waals surface area contributed by atoms with Gasteiger partial charge in [0.2, 0.25) is 11.8 Å². The monoisotopic (exact) mass is 318 g/mol. The molecule has 3 rings (SSSR count). The predicted molar refractivity (Wildman–Crippen MR) is 84.9 cm³/mol. The Balaban J connectivity index is 1.60. The van der Waals surface area contributed by atoms with Crippen molar-refractivity contribution in [2.45, 2.75) is 37.9 Å². The summed E-state index contributed by atoms with van der Waals surface area (Å²) in [6, 6.07) is 4.74. The Kier molecular flexibility index (Phi) is 4.76. The second-order valence-corrected chi connectivity index (χ2v) is 6.07. The van der Waals surface area contributed by atoms with Gasteiger partial charge in [-0.3, -0.25) is 14.4 Å². The number of rotatable bonds is 5. The van der Waals surface area contributed by atoms with Crippen molar-refractivity contribution in [2.75, 3.05) is 19.6 Å². The lowest BCUT2D eigenvalue weighted by molar-refractivity contribution is -0.141. The first-order valence-corrected chi connectivity index (χ1v) is 8.11. The molecule has 0 aromatic carbocycles. The summed E-state index contributed by atoms with van der Waals surface area (Å²) in [4.78, 5) is 38.1. The maximum absolute atomic E-state index is 12.5. The molecule has 2 aliphatic rings. The van der Waals surface area contributed by atoms with Crippen molar-refractivity contribution < 1.29 is 9.59 Å². The topological polar surface area (TPSA) is 83.4 Å². The number of nitrogens with zero attached hydrogens (tertiary/aromatic N) is 2. The Morgan fingerprint density at radius 3 is 2.87 bits per heavy atom. The lowest BCUT2D eigenvalue weighted by Gasteiger charge is -2.35. The van der Waals surface area contributed by atoms with E-state index < -0.39 is 6.04 Å². The SMILES string of the molecule is O=C(NC1CC1)C1CNCCN1C(=O)CCn1ccccc1=O. The molecule has 1 aliphatic heterocycles. The average molecular weight is 318 g/mol. The molecule has 7 nitrogen and oxygen atoms in total. The number of aryl methyl sites for hydroxylation is 1. The molecule has 1 atom stereocenters. The fourth-order valence-corrected chi connectivity index (χ4v) is 2.77. The quantitative estimate of drug-likeness (QED) is 0.753. The molecule has 124 valence electrons. The first-order valence-electron chi connectivity index (χ1n) is 8.11. The van der Waals surface area contributed by atoms with Crippen LogP contribution in [0.5, 0.6) is 0 Å². The van der Waals surface area contributed by atoms with E-state index in [1.165, 1.54) is 10.6 Å². The third-order valence-corrected chi connectivity index (χ3v) is 4.26. The molecule has 7 heteroatoms. The zero-order valence-electron chi connectivity index (χ0n) is 13.0. The lowest BCUT2D eigenvalue weighted by atomic mass is 10.1. The van der Waals surface area contributed by atoms with Gasteiger partial charge in [0.15, 0.2) is 0 Å². The van der Waals surface area contributed by atoms with Gasteiger partial charge in [0.25, 0.3) is 5.56 Å². The van der Waals surface area contributed by atoms with Crippen molar-refractivity contribution in [1.82, 2.24) is 20.1 Å². The van der Waals surface area contributed by atoms with Crippen LogP contribution in [-0.4, -0.2) is 53.0 Å². The zero-order chi connectivity index (χ0) is 16.2. The largest absolute Gasteiger partial charge is 0.352 e. The number of piperazine rings is 1. The van der Waals surface area contributed by atoms with Crippen molar-refractivity contribution in [3.05, 3.63) is 34.7 Å². The number of aromatic nitrogens is 1. The van der Waals surface area contributed by atoms with Crippen molar-refractivity contribution in [3.8, 4) is 0 Å². The van der Waals surface area contributed by atoms with Crippen LogP contribution < -0.4 is 16.2 Å². The number of carbonyl (C=O) groups is 2. The number of carbonyl (C=O) groups excluding carboxylic acids is 2. The molecule has 2 fully saturated rings. The standard InChI is InChI=1S/C16H22N4O3/c21-14-3-1-2-8-19(14)9-6-15(22)20-10-7-17-11-13(20)16(23)18-12-4-5-12/h1-3,8,12-13,17H,4-7,9-11H2,(H,18,23). The molecular weight excluding hydrogens is 296 g/mol. The van der Waals surface area contributed by atoms with Crippen molar-refractivity contribution >= 4 is 11.8 Å². The Bertz CT molecular complexity index is 638. The van der Waals surface area contributed by atoms with E-state index in [2.05, 4.69) is 10.6 Å². The van der Waals surface area contributed by atoms with E-state index in [1.54, 1.807) is 23.2 Å². The molecule has 1 aromatic rings. The molecule has 1 unspecified atom stereocenters. The molecule has 0 radical (unpaired) electrons. The van der Waals surface area contributed by atoms with E-state index in [1.807, 2.05) is 0 Å². The second kappa shape index (κ2) is 6.95. The number of hydrogen-bond donors (Lipinski definition) is 2. The average Bonchev–Trinajstić information content (AvgIpc) is 3.38. The van der Waals surface area contributed by atoms with Gasteiger partial charge in [0.05, 0.1) is 0 Å². The van der Waals surface area contributed by atoms with Gasteiger partial charge >= 0.3 is 0 Å². The van der Waals surface area contributed by atoms with Gasteiger partial charge in [-0.2, -0.15) is 0 Å². The summed E-state index contributed by atoms with van der Waals surface area (Å²) in [5, 5.41) is 6.13. The molecule has 2 amide bonds. The minimum atomic E-state index is -0.454. The van der Waals surface area contributed by atoms with Crippen molar-refractivity contribution in [3.63, 3.8) is 0 Å². The summed E-state index contributed by atoms with van der Waals surface area (Å²) in [7, 11) is 0. The summed E-state index contributed by atoms with van der Waals surface area (Å²) in [6.07, 6.45) is 3.94. The summed E-state index contributed by atoms with van der Waals surface area (Å²) < 4.78 is 1.51. The highest BCUT2D eigenvalue weighted by Gasteiger charge is 2.34. The van der Waals surface area contributed by atoms with E-state index >= 15 is 0 Å². The molecule has 0 bridgehead atoms. The van der Waals surface area contributed by atoms with Crippen LogP contribution in [0.2, 0.25) is 0 Å². The van der Waals surface area contributed by atoms with Gasteiger partial charge in [0.1, 0.15) is 6.04 Å². The predicted octanol–water partition coefficient (Wildman–Crippen LogP) is -0.683. The number of hydrogen-bond acceptors (Lipinski definition) is 4. The zero-order valence-corrected chi connectivity index (χ0v) is 13.0. The molecule has 23 heavy (non-hydrogen) atoms. The maximum Gasteiger partial charge on any atom is 0.250 e. The summed E-state index contributed by atoms with van der Waals surface area (Å²) in [6.45, 7) is 2.02. The molecule has 1 saturated carbocycles. The molecule has 1 aliphatic carbocycles. The summed E-state index contributed by atoms with van der Waals surface area (Å²) in [5.41, 5.74) is -0.122. The fourth-order valence-electron chi connectivity index (χ4n) is 2.77. The van der Waals surface area contributed by atoms with Crippen LogP contribution in [0.3, 0.4) is 0 Å². The third-order valence-electron chi connectivity index (χ3n) is 4.26. The van der Waals surface area contributed by atoms with Gasteiger partial charge in [0, 0.05) is 50.9 Å². The maximum atomic E-state index is 12.5. The Labute approximate surface area is 134 Å². The lowest BCUT2D eigenvalue weighted by Crippen LogP contribution is -2.59.